The van der Waals surface area contributed by atoms with Crippen LogP contribution < -0.4 is 5.48 Å². The Bertz CT molecular complexity index is 56.9. The predicted molar refractivity (Wildman–Crippen MR) is 39.1 cm³/mol. The zero-order valence-corrected chi connectivity index (χ0v) is 6.61. The van der Waals surface area contributed by atoms with Crippen LogP contribution in [0, 0.1) is 5.92 Å². The first-order chi connectivity index (χ1) is 4.31. The Morgan fingerprint density at radius 3 is 2.56 bits per heavy atom. The maximum Gasteiger partial charge on any atom is 0.0707 e. The molecule has 0 aliphatic rings. The minimum absolute atomic E-state index is 0.670. The minimum Gasteiger partial charge on any atom is -0.302 e. The van der Waals surface area contributed by atoms with E-state index in [0.717, 1.165) is 13.2 Å². The molecule has 0 fully saturated rings. The molecule has 1 atom stereocenters. The molecule has 0 aliphatic carbocycles. The van der Waals surface area contributed by atoms with Crippen LogP contribution in [-0.4, -0.2) is 13.2 Å². The largest absolute Gasteiger partial charge is 0.302 e. The number of hydrogen-bond donors (Lipinski definition) is 1. The second-order valence-corrected chi connectivity index (χ2v) is 2.32. The summed E-state index contributed by atoms with van der Waals surface area (Å²) in [6.07, 6.45) is 1.19. The third kappa shape index (κ3) is 5.80. The molecular formula is C7H17NO. The van der Waals surface area contributed by atoms with Crippen LogP contribution in [0.5, 0.6) is 0 Å². The van der Waals surface area contributed by atoms with Gasteiger partial charge in [0.05, 0.1) is 6.61 Å². The van der Waals surface area contributed by atoms with Crippen LogP contribution in [-0.2, 0) is 4.84 Å². The fraction of sp³-hybridized carbons (Fsp3) is 1.00. The van der Waals surface area contributed by atoms with E-state index < -0.39 is 0 Å². The van der Waals surface area contributed by atoms with Crippen molar-refractivity contribution >= 4 is 0 Å². The van der Waals surface area contributed by atoms with E-state index in [1.54, 1.807) is 0 Å². The van der Waals surface area contributed by atoms with E-state index in [0.29, 0.717) is 5.92 Å². The highest BCUT2D eigenvalue weighted by Gasteiger charge is 1.95. The quantitative estimate of drug-likeness (QED) is 0.451. The lowest BCUT2D eigenvalue weighted by atomic mass is 10.1. The van der Waals surface area contributed by atoms with Crippen LogP contribution in [0.3, 0.4) is 0 Å². The Morgan fingerprint density at radius 1 is 1.44 bits per heavy atom. The summed E-state index contributed by atoms with van der Waals surface area (Å²) in [4.78, 5) is 5.09. The van der Waals surface area contributed by atoms with Gasteiger partial charge in [0.2, 0.25) is 0 Å². The number of hydrogen-bond acceptors (Lipinski definition) is 2. The van der Waals surface area contributed by atoms with Gasteiger partial charge in [0.15, 0.2) is 0 Å². The molecule has 1 unspecified atom stereocenters. The molecule has 0 saturated heterocycles. The van der Waals surface area contributed by atoms with Gasteiger partial charge in [-0.15, -0.1) is 0 Å². The summed E-state index contributed by atoms with van der Waals surface area (Å²) in [5.74, 6) is 0.670. The molecule has 0 aliphatic heterocycles. The average molecular weight is 131 g/mol. The summed E-state index contributed by atoms with van der Waals surface area (Å²) >= 11 is 0. The maximum atomic E-state index is 5.09. The Hall–Kier alpha value is -0.0800. The van der Waals surface area contributed by atoms with Gasteiger partial charge >= 0.3 is 0 Å². The van der Waals surface area contributed by atoms with Gasteiger partial charge in [-0.1, -0.05) is 27.2 Å². The molecule has 0 amide bonds. The van der Waals surface area contributed by atoms with Gasteiger partial charge in [0, 0.05) is 6.54 Å². The van der Waals surface area contributed by atoms with Crippen LogP contribution in [0.15, 0.2) is 0 Å². The van der Waals surface area contributed by atoms with Crippen molar-refractivity contribution < 1.29 is 4.84 Å². The smallest absolute Gasteiger partial charge is 0.0707 e. The van der Waals surface area contributed by atoms with Gasteiger partial charge in [-0.3, -0.25) is 0 Å². The van der Waals surface area contributed by atoms with Crippen molar-refractivity contribution in [3.8, 4) is 0 Å². The summed E-state index contributed by atoms with van der Waals surface area (Å²) in [5, 5.41) is 0. The van der Waals surface area contributed by atoms with E-state index in [2.05, 4.69) is 19.3 Å². The Balaban J connectivity index is 2.88. The minimum atomic E-state index is 0.670. The van der Waals surface area contributed by atoms with E-state index >= 15 is 0 Å². The number of hydroxylamine groups is 1. The molecule has 2 heteroatoms. The van der Waals surface area contributed by atoms with Crippen LogP contribution in [0.1, 0.15) is 27.2 Å². The highest BCUT2D eigenvalue weighted by molar-refractivity contribution is 4.43. The van der Waals surface area contributed by atoms with Crippen molar-refractivity contribution in [1.29, 1.82) is 0 Å². The first-order valence-electron chi connectivity index (χ1n) is 3.65. The highest BCUT2D eigenvalue weighted by Crippen LogP contribution is 1.98. The van der Waals surface area contributed by atoms with Crippen LogP contribution >= 0.6 is 0 Å². The molecule has 2 nitrogen and oxygen atoms in total. The first kappa shape index (κ1) is 8.92. The molecule has 56 valence electrons. The van der Waals surface area contributed by atoms with E-state index in [1.807, 2.05) is 6.92 Å². The number of nitrogens with one attached hydrogen (secondary N) is 1. The summed E-state index contributed by atoms with van der Waals surface area (Å²) in [6.45, 7) is 8.08. The van der Waals surface area contributed by atoms with Gasteiger partial charge in [-0.05, 0) is 5.92 Å². The Kier molecular flexibility index (Phi) is 5.99. The van der Waals surface area contributed by atoms with Crippen LogP contribution in [0.2, 0.25) is 0 Å². The van der Waals surface area contributed by atoms with Gasteiger partial charge < -0.3 is 4.84 Å². The standard InChI is InChI=1S/C7H17NO/c1-4-7(3)6-9-8-5-2/h7-8H,4-6H2,1-3H3. The molecule has 0 aromatic rings. The van der Waals surface area contributed by atoms with E-state index in [-0.39, 0.29) is 0 Å². The SMILES string of the molecule is CCNOCC(C)CC. The maximum absolute atomic E-state index is 5.09. The summed E-state index contributed by atoms with van der Waals surface area (Å²) in [5.41, 5.74) is 2.81. The Labute approximate surface area is 57.5 Å². The monoisotopic (exact) mass is 131 g/mol. The summed E-state index contributed by atoms with van der Waals surface area (Å²) in [7, 11) is 0. The van der Waals surface area contributed by atoms with Crippen molar-refractivity contribution in [1.82, 2.24) is 5.48 Å². The molecule has 9 heavy (non-hydrogen) atoms. The van der Waals surface area contributed by atoms with Crippen molar-refractivity contribution in [2.24, 2.45) is 5.92 Å². The van der Waals surface area contributed by atoms with E-state index in [1.165, 1.54) is 6.42 Å². The van der Waals surface area contributed by atoms with Crippen molar-refractivity contribution in [3.05, 3.63) is 0 Å². The zero-order valence-electron chi connectivity index (χ0n) is 6.61. The van der Waals surface area contributed by atoms with E-state index in [9.17, 15) is 0 Å². The molecule has 0 saturated carbocycles. The Morgan fingerprint density at radius 2 is 2.11 bits per heavy atom. The number of rotatable bonds is 5. The highest BCUT2D eigenvalue weighted by atomic mass is 16.6. The van der Waals surface area contributed by atoms with Gasteiger partial charge in [0.25, 0.3) is 0 Å². The molecule has 0 rings (SSSR count). The van der Waals surface area contributed by atoms with Gasteiger partial charge in [-0.25, -0.2) is 5.48 Å². The topological polar surface area (TPSA) is 21.3 Å². The van der Waals surface area contributed by atoms with Crippen molar-refractivity contribution in [2.45, 2.75) is 27.2 Å². The second kappa shape index (κ2) is 6.05. The van der Waals surface area contributed by atoms with Crippen molar-refractivity contribution in [2.75, 3.05) is 13.2 Å². The third-order valence-electron chi connectivity index (χ3n) is 1.31. The van der Waals surface area contributed by atoms with E-state index in [4.69, 9.17) is 4.84 Å². The normalized spacial score (nSPS) is 13.7. The molecule has 0 bridgehead atoms. The molecule has 1 N–H and O–H groups in total. The molecule has 0 heterocycles. The molecule has 0 radical (unpaired) electrons. The molecule has 0 aromatic heterocycles. The zero-order chi connectivity index (χ0) is 7.11. The third-order valence-corrected chi connectivity index (χ3v) is 1.31. The average Bonchev–Trinajstić information content (AvgIpc) is 1.89. The van der Waals surface area contributed by atoms with Crippen LogP contribution in [0.4, 0.5) is 0 Å². The van der Waals surface area contributed by atoms with Crippen LogP contribution in [0.25, 0.3) is 0 Å². The fourth-order valence-electron chi connectivity index (χ4n) is 0.421. The fourth-order valence-corrected chi connectivity index (χ4v) is 0.421. The van der Waals surface area contributed by atoms with Crippen molar-refractivity contribution in [3.63, 3.8) is 0 Å². The van der Waals surface area contributed by atoms with Gasteiger partial charge in [0.1, 0.15) is 0 Å². The lowest BCUT2D eigenvalue weighted by molar-refractivity contribution is 0.0229. The second-order valence-electron chi connectivity index (χ2n) is 2.32. The first-order valence-corrected chi connectivity index (χ1v) is 3.65. The lowest BCUT2D eigenvalue weighted by Gasteiger charge is -2.07. The van der Waals surface area contributed by atoms with Gasteiger partial charge in [-0.2, -0.15) is 0 Å². The molecule has 0 spiro atoms. The summed E-state index contributed by atoms with van der Waals surface area (Å²) < 4.78 is 0. The molecular weight excluding hydrogens is 114 g/mol. The predicted octanol–water partition coefficient (Wildman–Crippen LogP) is 1.57. The summed E-state index contributed by atoms with van der Waals surface area (Å²) in [6, 6.07) is 0. The lowest BCUT2D eigenvalue weighted by Crippen LogP contribution is -2.17. The molecule has 0 aromatic carbocycles.